The second-order valence-corrected chi connectivity index (χ2v) is 2.83. The quantitative estimate of drug-likeness (QED) is 0.371. The molecule has 0 saturated carbocycles. The Labute approximate surface area is 80.2 Å². The van der Waals surface area contributed by atoms with E-state index in [-0.39, 0.29) is 5.97 Å². The highest BCUT2D eigenvalue weighted by atomic mass is 16.5. The van der Waals surface area contributed by atoms with Crippen LogP contribution in [0, 0.1) is 0 Å². The van der Waals surface area contributed by atoms with Gasteiger partial charge in [0.05, 0.1) is 6.61 Å². The van der Waals surface area contributed by atoms with E-state index in [4.69, 9.17) is 4.74 Å². The van der Waals surface area contributed by atoms with Crippen molar-refractivity contribution >= 4 is 5.97 Å². The number of carbonyl (C=O) groups is 1. The predicted molar refractivity (Wildman–Crippen MR) is 53.6 cm³/mol. The molecule has 0 aromatic heterocycles. The minimum absolute atomic E-state index is 0.240. The fourth-order valence-electron chi connectivity index (χ4n) is 0.938. The van der Waals surface area contributed by atoms with Gasteiger partial charge in [0, 0.05) is 6.08 Å². The van der Waals surface area contributed by atoms with E-state index in [1.807, 2.05) is 7.05 Å². The summed E-state index contributed by atoms with van der Waals surface area (Å²) in [6.07, 6.45) is 6.31. The minimum Gasteiger partial charge on any atom is -0.463 e. The molecular formula is C10H19NO2. The Morgan fingerprint density at radius 2 is 2.15 bits per heavy atom. The van der Waals surface area contributed by atoms with Crippen molar-refractivity contribution in [2.75, 3.05) is 20.2 Å². The van der Waals surface area contributed by atoms with Crippen LogP contribution in [0.2, 0.25) is 0 Å². The first-order valence-corrected chi connectivity index (χ1v) is 4.75. The Morgan fingerprint density at radius 3 is 2.77 bits per heavy atom. The molecular weight excluding hydrogens is 166 g/mol. The third-order valence-corrected chi connectivity index (χ3v) is 1.62. The zero-order valence-electron chi connectivity index (χ0n) is 8.51. The topological polar surface area (TPSA) is 38.3 Å². The van der Waals surface area contributed by atoms with Gasteiger partial charge in [-0.25, -0.2) is 4.79 Å². The van der Waals surface area contributed by atoms with Crippen molar-refractivity contribution in [2.24, 2.45) is 0 Å². The number of allylic oxidation sites excluding steroid dienone is 1. The highest BCUT2D eigenvalue weighted by Crippen LogP contribution is 1.95. The molecule has 0 unspecified atom stereocenters. The van der Waals surface area contributed by atoms with Crippen LogP contribution in [0.1, 0.15) is 26.2 Å². The number of hydrogen-bond acceptors (Lipinski definition) is 3. The maximum absolute atomic E-state index is 10.8. The minimum atomic E-state index is -0.240. The van der Waals surface area contributed by atoms with Gasteiger partial charge in [0.2, 0.25) is 0 Å². The molecule has 0 atom stereocenters. The summed E-state index contributed by atoms with van der Waals surface area (Å²) in [5.41, 5.74) is 0. The lowest BCUT2D eigenvalue weighted by molar-refractivity contribution is -0.137. The average Bonchev–Trinajstić information content (AvgIpc) is 2.11. The summed E-state index contributed by atoms with van der Waals surface area (Å²) in [7, 11) is 1.94. The molecule has 76 valence electrons. The third-order valence-electron chi connectivity index (χ3n) is 1.62. The molecule has 13 heavy (non-hydrogen) atoms. The molecule has 0 aromatic carbocycles. The van der Waals surface area contributed by atoms with Gasteiger partial charge in [-0.05, 0) is 39.8 Å². The zero-order chi connectivity index (χ0) is 9.94. The Bertz CT molecular complexity index is 155. The molecule has 0 spiro atoms. The Morgan fingerprint density at radius 1 is 1.38 bits per heavy atom. The Hall–Kier alpha value is -0.830. The molecule has 0 aromatic rings. The molecule has 0 radical (unpaired) electrons. The standard InChI is InChI=1S/C10H19NO2/c1-3-7-10(12)13-9-6-4-5-8-11-2/h3,7,11H,4-6,8-9H2,1-2H3. The summed E-state index contributed by atoms with van der Waals surface area (Å²) in [4.78, 5) is 10.8. The van der Waals surface area contributed by atoms with Gasteiger partial charge >= 0.3 is 5.97 Å². The van der Waals surface area contributed by atoms with E-state index in [1.54, 1.807) is 13.0 Å². The van der Waals surface area contributed by atoms with Crippen LogP contribution in [0.3, 0.4) is 0 Å². The summed E-state index contributed by atoms with van der Waals surface area (Å²) < 4.78 is 4.92. The van der Waals surface area contributed by atoms with Crippen molar-refractivity contribution in [2.45, 2.75) is 26.2 Å². The number of esters is 1. The van der Waals surface area contributed by atoms with Gasteiger partial charge in [-0.15, -0.1) is 0 Å². The van der Waals surface area contributed by atoms with Gasteiger partial charge in [0.25, 0.3) is 0 Å². The lowest BCUT2D eigenvalue weighted by Crippen LogP contribution is -2.08. The lowest BCUT2D eigenvalue weighted by atomic mass is 10.2. The number of carbonyl (C=O) groups excluding carboxylic acids is 1. The largest absolute Gasteiger partial charge is 0.463 e. The molecule has 0 fully saturated rings. The second kappa shape index (κ2) is 9.26. The van der Waals surface area contributed by atoms with Crippen molar-refractivity contribution < 1.29 is 9.53 Å². The van der Waals surface area contributed by atoms with Crippen molar-refractivity contribution in [1.82, 2.24) is 5.32 Å². The van der Waals surface area contributed by atoms with Gasteiger partial charge in [-0.3, -0.25) is 0 Å². The number of ether oxygens (including phenoxy) is 1. The fourth-order valence-corrected chi connectivity index (χ4v) is 0.938. The molecule has 0 aliphatic rings. The van der Waals surface area contributed by atoms with Crippen LogP contribution in [0.5, 0.6) is 0 Å². The van der Waals surface area contributed by atoms with Crippen LogP contribution in [0.25, 0.3) is 0 Å². The maximum atomic E-state index is 10.8. The van der Waals surface area contributed by atoms with Gasteiger partial charge in [0.15, 0.2) is 0 Å². The van der Waals surface area contributed by atoms with Crippen molar-refractivity contribution in [3.63, 3.8) is 0 Å². The van der Waals surface area contributed by atoms with Crippen molar-refractivity contribution in [3.8, 4) is 0 Å². The Balaban J connectivity index is 3.11. The summed E-state index contributed by atoms with van der Waals surface area (Å²) >= 11 is 0. The van der Waals surface area contributed by atoms with Crippen LogP contribution in [0.4, 0.5) is 0 Å². The highest BCUT2D eigenvalue weighted by Gasteiger charge is 1.94. The SMILES string of the molecule is CC=CC(=O)OCCCCCNC. The average molecular weight is 185 g/mol. The molecule has 1 N–H and O–H groups in total. The number of unbranched alkanes of at least 4 members (excludes halogenated alkanes) is 2. The van der Waals surface area contributed by atoms with Gasteiger partial charge < -0.3 is 10.1 Å². The molecule has 0 aliphatic carbocycles. The predicted octanol–water partition coefficient (Wildman–Crippen LogP) is 1.50. The zero-order valence-corrected chi connectivity index (χ0v) is 8.51. The molecule has 0 aliphatic heterocycles. The molecule has 0 saturated heterocycles. The first-order chi connectivity index (χ1) is 6.31. The van der Waals surface area contributed by atoms with Crippen molar-refractivity contribution in [3.05, 3.63) is 12.2 Å². The third kappa shape index (κ3) is 9.08. The lowest BCUT2D eigenvalue weighted by Gasteiger charge is -2.01. The van der Waals surface area contributed by atoms with Crippen LogP contribution >= 0.6 is 0 Å². The van der Waals surface area contributed by atoms with Gasteiger partial charge in [0.1, 0.15) is 0 Å². The molecule has 0 rings (SSSR count). The summed E-state index contributed by atoms with van der Waals surface area (Å²) in [5, 5.41) is 3.07. The van der Waals surface area contributed by atoms with E-state index in [0.717, 1.165) is 25.8 Å². The number of nitrogens with one attached hydrogen (secondary N) is 1. The van der Waals surface area contributed by atoms with Crippen LogP contribution in [-0.2, 0) is 9.53 Å². The van der Waals surface area contributed by atoms with E-state index in [0.29, 0.717) is 6.61 Å². The van der Waals surface area contributed by atoms with Crippen LogP contribution < -0.4 is 5.32 Å². The first kappa shape index (κ1) is 12.2. The molecule has 3 nitrogen and oxygen atoms in total. The van der Waals surface area contributed by atoms with E-state index in [2.05, 4.69) is 5.32 Å². The van der Waals surface area contributed by atoms with E-state index in [9.17, 15) is 4.79 Å². The number of hydrogen-bond donors (Lipinski definition) is 1. The Kier molecular flexibility index (Phi) is 8.67. The first-order valence-electron chi connectivity index (χ1n) is 4.75. The van der Waals surface area contributed by atoms with E-state index < -0.39 is 0 Å². The highest BCUT2D eigenvalue weighted by molar-refractivity contribution is 5.81. The van der Waals surface area contributed by atoms with E-state index >= 15 is 0 Å². The second-order valence-electron chi connectivity index (χ2n) is 2.83. The summed E-state index contributed by atoms with van der Waals surface area (Å²) in [5.74, 6) is -0.240. The maximum Gasteiger partial charge on any atom is 0.330 e. The van der Waals surface area contributed by atoms with E-state index in [1.165, 1.54) is 6.08 Å². The molecule has 0 bridgehead atoms. The molecule has 3 heteroatoms. The van der Waals surface area contributed by atoms with Crippen LogP contribution in [0.15, 0.2) is 12.2 Å². The number of rotatable bonds is 7. The van der Waals surface area contributed by atoms with Gasteiger partial charge in [-0.2, -0.15) is 0 Å². The van der Waals surface area contributed by atoms with Gasteiger partial charge in [-0.1, -0.05) is 6.08 Å². The molecule has 0 heterocycles. The summed E-state index contributed by atoms with van der Waals surface area (Å²) in [6, 6.07) is 0. The normalized spacial score (nSPS) is 10.6. The van der Waals surface area contributed by atoms with Crippen LogP contribution in [-0.4, -0.2) is 26.2 Å². The molecule has 0 amide bonds. The smallest absolute Gasteiger partial charge is 0.330 e. The van der Waals surface area contributed by atoms with Crippen molar-refractivity contribution in [1.29, 1.82) is 0 Å². The monoisotopic (exact) mass is 185 g/mol. The fraction of sp³-hybridized carbons (Fsp3) is 0.700. The summed E-state index contributed by atoms with van der Waals surface area (Å²) in [6.45, 7) is 3.36.